The molecule has 102 valence electrons. The van der Waals surface area contributed by atoms with Crippen LogP contribution in [-0.2, 0) is 0 Å². The van der Waals surface area contributed by atoms with Gasteiger partial charge in [0.2, 0.25) is 0 Å². The van der Waals surface area contributed by atoms with Gasteiger partial charge in [-0.25, -0.2) is 4.79 Å². The normalized spacial score (nSPS) is 23.5. The number of carbonyl (C=O) groups excluding carboxylic acids is 1. The minimum absolute atomic E-state index is 0.221. The Hall–Kier alpha value is -0.990. The molecule has 2 heterocycles. The summed E-state index contributed by atoms with van der Waals surface area (Å²) in [6.45, 7) is 14.6. The van der Waals surface area contributed by atoms with E-state index in [0.717, 1.165) is 32.6 Å². The first-order chi connectivity index (χ1) is 8.19. The van der Waals surface area contributed by atoms with Gasteiger partial charge in [-0.05, 0) is 11.8 Å². The number of amides is 2. The first kappa shape index (κ1) is 13.4. The third-order valence-corrected chi connectivity index (χ3v) is 3.95. The minimum Gasteiger partial charge on any atom is -0.323 e. The van der Waals surface area contributed by atoms with Crippen molar-refractivity contribution < 1.29 is 4.79 Å². The van der Waals surface area contributed by atoms with Crippen LogP contribution >= 0.6 is 0 Å². The molecule has 0 aromatic carbocycles. The summed E-state index contributed by atoms with van der Waals surface area (Å²) in [5, 5.41) is 0. The SMILES string of the molecule is CC1(C)CN(C(=O)N2CC=C(C(C)(C)C)CC2)C1. The van der Waals surface area contributed by atoms with Crippen molar-refractivity contribution >= 4 is 6.03 Å². The van der Waals surface area contributed by atoms with Gasteiger partial charge in [-0.1, -0.05) is 46.3 Å². The summed E-state index contributed by atoms with van der Waals surface area (Å²) in [6, 6.07) is 0.221. The summed E-state index contributed by atoms with van der Waals surface area (Å²) in [6.07, 6.45) is 3.26. The molecule has 1 saturated heterocycles. The van der Waals surface area contributed by atoms with Gasteiger partial charge in [-0.2, -0.15) is 0 Å². The standard InChI is InChI=1S/C15H26N2O/c1-14(2,3)12-6-8-16(9-7-12)13(18)17-10-15(4,5)11-17/h6H,7-11H2,1-5H3. The molecule has 2 aliphatic heterocycles. The minimum atomic E-state index is 0.221. The fourth-order valence-corrected chi connectivity index (χ4v) is 2.85. The molecule has 3 heteroatoms. The molecule has 0 bridgehead atoms. The maximum atomic E-state index is 12.2. The molecule has 2 aliphatic rings. The Balaban J connectivity index is 1.91. The van der Waals surface area contributed by atoms with E-state index < -0.39 is 0 Å². The van der Waals surface area contributed by atoms with E-state index in [1.54, 1.807) is 0 Å². The molecule has 2 amide bonds. The monoisotopic (exact) mass is 250 g/mol. The lowest BCUT2D eigenvalue weighted by molar-refractivity contribution is 0.0433. The lowest BCUT2D eigenvalue weighted by Gasteiger charge is -2.48. The Morgan fingerprint density at radius 2 is 1.83 bits per heavy atom. The third-order valence-electron chi connectivity index (χ3n) is 3.95. The molecule has 18 heavy (non-hydrogen) atoms. The lowest BCUT2D eigenvalue weighted by atomic mass is 9.82. The van der Waals surface area contributed by atoms with Gasteiger partial charge < -0.3 is 9.80 Å². The molecule has 0 atom stereocenters. The van der Waals surface area contributed by atoms with Crippen LogP contribution in [0.5, 0.6) is 0 Å². The number of carbonyl (C=O) groups is 1. The molecule has 0 aromatic rings. The van der Waals surface area contributed by atoms with E-state index in [1.807, 2.05) is 9.80 Å². The average molecular weight is 250 g/mol. The van der Waals surface area contributed by atoms with Crippen LogP contribution in [0.25, 0.3) is 0 Å². The molecule has 0 radical (unpaired) electrons. The molecule has 0 saturated carbocycles. The van der Waals surface area contributed by atoms with Crippen molar-refractivity contribution in [2.45, 2.75) is 41.0 Å². The number of likely N-dealkylation sites (tertiary alicyclic amines) is 1. The van der Waals surface area contributed by atoms with Gasteiger partial charge in [0.05, 0.1) is 0 Å². The average Bonchev–Trinajstić information content (AvgIpc) is 2.24. The van der Waals surface area contributed by atoms with E-state index >= 15 is 0 Å². The molecule has 0 N–H and O–H groups in total. The first-order valence-electron chi connectivity index (χ1n) is 6.92. The van der Waals surface area contributed by atoms with Gasteiger partial charge in [0.15, 0.2) is 0 Å². The summed E-state index contributed by atoms with van der Waals surface area (Å²) in [5.41, 5.74) is 2.04. The van der Waals surface area contributed by atoms with Crippen molar-refractivity contribution in [3.63, 3.8) is 0 Å². The molecule has 2 rings (SSSR count). The zero-order chi connectivity index (χ0) is 13.6. The second-order valence-electron chi connectivity index (χ2n) is 7.48. The van der Waals surface area contributed by atoms with E-state index in [2.05, 4.69) is 40.7 Å². The molecule has 0 aliphatic carbocycles. The fourth-order valence-electron chi connectivity index (χ4n) is 2.85. The van der Waals surface area contributed by atoms with E-state index in [0.29, 0.717) is 5.41 Å². The van der Waals surface area contributed by atoms with Gasteiger partial charge >= 0.3 is 6.03 Å². The summed E-state index contributed by atoms with van der Waals surface area (Å²) < 4.78 is 0. The molecule has 0 unspecified atom stereocenters. The van der Waals surface area contributed by atoms with Crippen molar-refractivity contribution in [3.05, 3.63) is 11.6 Å². The molecular formula is C15H26N2O. The van der Waals surface area contributed by atoms with Gasteiger partial charge in [0, 0.05) is 31.6 Å². The van der Waals surface area contributed by atoms with Crippen LogP contribution in [-0.4, -0.2) is 42.0 Å². The van der Waals surface area contributed by atoms with Crippen molar-refractivity contribution in [3.8, 4) is 0 Å². The number of rotatable bonds is 0. The quantitative estimate of drug-likeness (QED) is 0.606. The highest BCUT2D eigenvalue weighted by Crippen LogP contribution is 2.32. The van der Waals surface area contributed by atoms with Crippen molar-refractivity contribution in [1.82, 2.24) is 9.80 Å². The predicted molar refractivity (Wildman–Crippen MR) is 74.5 cm³/mol. The topological polar surface area (TPSA) is 23.6 Å². The van der Waals surface area contributed by atoms with E-state index in [4.69, 9.17) is 0 Å². The predicted octanol–water partition coefficient (Wildman–Crippen LogP) is 3.13. The van der Waals surface area contributed by atoms with Gasteiger partial charge in [-0.3, -0.25) is 0 Å². The van der Waals surface area contributed by atoms with Crippen LogP contribution < -0.4 is 0 Å². The van der Waals surface area contributed by atoms with Crippen molar-refractivity contribution in [1.29, 1.82) is 0 Å². The Morgan fingerprint density at radius 1 is 1.22 bits per heavy atom. The van der Waals surface area contributed by atoms with Crippen LogP contribution in [0, 0.1) is 10.8 Å². The zero-order valence-electron chi connectivity index (χ0n) is 12.4. The summed E-state index contributed by atoms with van der Waals surface area (Å²) in [7, 11) is 0. The van der Waals surface area contributed by atoms with Crippen molar-refractivity contribution in [2.75, 3.05) is 26.2 Å². The Morgan fingerprint density at radius 3 is 2.22 bits per heavy atom. The van der Waals surface area contributed by atoms with Crippen LogP contribution in [0.15, 0.2) is 11.6 Å². The highest BCUT2D eigenvalue weighted by molar-refractivity contribution is 5.76. The first-order valence-corrected chi connectivity index (χ1v) is 6.92. The lowest BCUT2D eigenvalue weighted by Crippen LogP contribution is -2.59. The zero-order valence-corrected chi connectivity index (χ0v) is 12.4. The summed E-state index contributed by atoms with van der Waals surface area (Å²) >= 11 is 0. The van der Waals surface area contributed by atoms with Gasteiger partial charge in [0.1, 0.15) is 0 Å². The van der Waals surface area contributed by atoms with Crippen LogP contribution in [0.3, 0.4) is 0 Å². The highest BCUT2D eigenvalue weighted by atomic mass is 16.2. The molecule has 1 fully saturated rings. The second kappa shape index (κ2) is 4.29. The Bertz CT molecular complexity index is 368. The number of hydrogen-bond acceptors (Lipinski definition) is 1. The summed E-state index contributed by atoms with van der Waals surface area (Å²) in [4.78, 5) is 16.2. The smallest absolute Gasteiger partial charge is 0.320 e. The van der Waals surface area contributed by atoms with E-state index in [1.165, 1.54) is 5.57 Å². The van der Waals surface area contributed by atoms with E-state index in [9.17, 15) is 4.79 Å². The molecule has 0 aromatic heterocycles. The number of urea groups is 1. The molecule has 3 nitrogen and oxygen atoms in total. The number of nitrogens with zero attached hydrogens (tertiary/aromatic N) is 2. The Labute approximate surface area is 111 Å². The second-order valence-corrected chi connectivity index (χ2v) is 7.48. The van der Waals surface area contributed by atoms with Crippen LogP contribution in [0.4, 0.5) is 4.79 Å². The molecular weight excluding hydrogens is 224 g/mol. The fraction of sp³-hybridized carbons (Fsp3) is 0.800. The van der Waals surface area contributed by atoms with E-state index in [-0.39, 0.29) is 11.4 Å². The van der Waals surface area contributed by atoms with Gasteiger partial charge in [-0.15, -0.1) is 0 Å². The van der Waals surface area contributed by atoms with Crippen LogP contribution in [0.1, 0.15) is 41.0 Å². The van der Waals surface area contributed by atoms with Gasteiger partial charge in [0.25, 0.3) is 0 Å². The largest absolute Gasteiger partial charge is 0.323 e. The van der Waals surface area contributed by atoms with Crippen molar-refractivity contribution in [2.24, 2.45) is 10.8 Å². The highest BCUT2D eigenvalue weighted by Gasteiger charge is 2.39. The number of hydrogen-bond donors (Lipinski definition) is 0. The summed E-state index contributed by atoms with van der Waals surface area (Å²) in [5.74, 6) is 0. The third kappa shape index (κ3) is 2.70. The Kier molecular flexibility index (Phi) is 3.20. The maximum absolute atomic E-state index is 12.2. The molecule has 0 spiro atoms. The maximum Gasteiger partial charge on any atom is 0.320 e. The van der Waals surface area contributed by atoms with Crippen LogP contribution in [0.2, 0.25) is 0 Å².